The number of rotatable bonds is 5. The fourth-order valence-electron chi connectivity index (χ4n) is 2.22. The summed E-state index contributed by atoms with van der Waals surface area (Å²) in [6.45, 7) is 4.27. The summed E-state index contributed by atoms with van der Waals surface area (Å²) < 4.78 is 0. The van der Waals surface area contributed by atoms with Gasteiger partial charge in [0.2, 0.25) is 5.91 Å². The molecule has 18 heavy (non-hydrogen) atoms. The molecular weight excluding hydrogens is 246 g/mol. The Labute approximate surface area is 114 Å². The third-order valence-corrected chi connectivity index (χ3v) is 3.89. The number of benzene rings is 1. The number of hydrogen-bond acceptors (Lipinski definition) is 1. The van der Waals surface area contributed by atoms with E-state index in [4.69, 9.17) is 11.6 Å². The molecule has 1 aliphatic carbocycles. The summed E-state index contributed by atoms with van der Waals surface area (Å²) in [5, 5.41) is 3.00. The molecule has 0 bridgehead atoms. The number of alkyl halides is 1. The van der Waals surface area contributed by atoms with Crippen LogP contribution in [0.2, 0.25) is 0 Å². The highest BCUT2D eigenvalue weighted by Crippen LogP contribution is 2.51. The molecular formula is C15H20ClNO. The van der Waals surface area contributed by atoms with Crippen LogP contribution in [0.1, 0.15) is 32.3 Å². The predicted molar refractivity (Wildman–Crippen MR) is 76.0 cm³/mol. The van der Waals surface area contributed by atoms with Gasteiger partial charge < -0.3 is 5.32 Å². The van der Waals surface area contributed by atoms with Crippen molar-refractivity contribution >= 4 is 23.2 Å². The Balaban J connectivity index is 1.95. The van der Waals surface area contributed by atoms with E-state index in [9.17, 15) is 4.79 Å². The minimum Gasteiger partial charge on any atom is -0.326 e. The second-order valence-corrected chi connectivity index (χ2v) is 6.11. The van der Waals surface area contributed by atoms with E-state index in [1.807, 2.05) is 18.2 Å². The minimum absolute atomic E-state index is 0.148. The topological polar surface area (TPSA) is 29.1 Å². The number of halogens is 1. The van der Waals surface area contributed by atoms with Crippen LogP contribution in [-0.2, 0) is 11.2 Å². The Morgan fingerprint density at radius 3 is 2.83 bits per heavy atom. The zero-order valence-corrected chi connectivity index (χ0v) is 11.8. The van der Waals surface area contributed by atoms with Crippen molar-refractivity contribution in [2.75, 3.05) is 11.2 Å². The van der Waals surface area contributed by atoms with E-state index in [2.05, 4.69) is 25.2 Å². The molecule has 0 aliphatic heterocycles. The van der Waals surface area contributed by atoms with E-state index in [1.165, 1.54) is 5.56 Å². The Morgan fingerprint density at radius 2 is 2.22 bits per heavy atom. The smallest absolute Gasteiger partial charge is 0.228 e. The van der Waals surface area contributed by atoms with Crippen LogP contribution in [0.5, 0.6) is 0 Å². The Bertz CT molecular complexity index is 442. The molecule has 98 valence electrons. The quantitative estimate of drug-likeness (QED) is 0.805. The van der Waals surface area contributed by atoms with E-state index in [0.717, 1.165) is 24.9 Å². The van der Waals surface area contributed by atoms with Gasteiger partial charge >= 0.3 is 0 Å². The molecule has 1 saturated carbocycles. The minimum atomic E-state index is 0.148. The molecule has 3 heteroatoms. The van der Waals surface area contributed by atoms with Gasteiger partial charge in [-0.15, -0.1) is 11.6 Å². The molecule has 0 aromatic heterocycles. The first-order chi connectivity index (χ1) is 8.53. The summed E-state index contributed by atoms with van der Waals surface area (Å²) >= 11 is 5.69. The molecule has 0 saturated heterocycles. The highest BCUT2D eigenvalue weighted by Gasteiger charge is 2.50. The maximum absolute atomic E-state index is 12.0. The van der Waals surface area contributed by atoms with Gasteiger partial charge in [0.1, 0.15) is 0 Å². The van der Waals surface area contributed by atoms with Crippen LogP contribution in [0.3, 0.4) is 0 Å². The van der Waals surface area contributed by atoms with E-state index in [0.29, 0.717) is 5.88 Å². The van der Waals surface area contributed by atoms with Gasteiger partial charge in [0, 0.05) is 17.5 Å². The summed E-state index contributed by atoms with van der Waals surface area (Å²) in [4.78, 5) is 12.0. The standard InChI is InChI=1S/C15H20ClNO/c1-15(2)10-13(15)14(18)17-12-7-3-5-11(9-12)6-4-8-16/h3,5,7,9,13H,4,6,8,10H2,1-2H3,(H,17,18). The average molecular weight is 266 g/mol. The zero-order chi connectivity index (χ0) is 13.2. The summed E-state index contributed by atoms with van der Waals surface area (Å²) in [5.41, 5.74) is 2.30. The van der Waals surface area contributed by atoms with E-state index in [-0.39, 0.29) is 17.2 Å². The Morgan fingerprint density at radius 1 is 1.50 bits per heavy atom. The summed E-state index contributed by atoms with van der Waals surface area (Å²) in [7, 11) is 0. The highest BCUT2D eigenvalue weighted by molar-refractivity contribution is 6.17. The van der Waals surface area contributed by atoms with Crippen molar-refractivity contribution in [3.05, 3.63) is 29.8 Å². The monoisotopic (exact) mass is 265 g/mol. The molecule has 1 unspecified atom stereocenters. The number of nitrogens with one attached hydrogen (secondary N) is 1. The first-order valence-electron chi connectivity index (χ1n) is 6.49. The molecule has 0 radical (unpaired) electrons. The van der Waals surface area contributed by atoms with Gasteiger partial charge in [-0.2, -0.15) is 0 Å². The number of amides is 1. The zero-order valence-electron chi connectivity index (χ0n) is 11.0. The number of anilines is 1. The van der Waals surface area contributed by atoms with E-state index >= 15 is 0 Å². The SMILES string of the molecule is CC1(C)CC1C(=O)Nc1cccc(CCCCl)c1. The first kappa shape index (κ1) is 13.4. The molecule has 2 rings (SSSR count). The van der Waals surface area contributed by atoms with Crippen LogP contribution in [0.15, 0.2) is 24.3 Å². The first-order valence-corrected chi connectivity index (χ1v) is 7.02. The van der Waals surface area contributed by atoms with Crippen molar-refractivity contribution < 1.29 is 4.79 Å². The fraction of sp³-hybridized carbons (Fsp3) is 0.533. The number of aryl methyl sites for hydroxylation is 1. The molecule has 2 nitrogen and oxygen atoms in total. The maximum atomic E-state index is 12.0. The molecule has 0 spiro atoms. The lowest BCUT2D eigenvalue weighted by atomic mass is 10.1. The van der Waals surface area contributed by atoms with Crippen LogP contribution in [-0.4, -0.2) is 11.8 Å². The molecule has 1 N–H and O–H groups in total. The Hall–Kier alpha value is -1.02. The number of carbonyl (C=O) groups excluding carboxylic acids is 1. The van der Waals surface area contributed by atoms with Crippen molar-refractivity contribution in [1.29, 1.82) is 0 Å². The molecule has 1 aromatic rings. The molecule has 1 amide bonds. The second kappa shape index (κ2) is 5.31. The third-order valence-electron chi connectivity index (χ3n) is 3.62. The van der Waals surface area contributed by atoms with E-state index < -0.39 is 0 Å². The van der Waals surface area contributed by atoms with Crippen LogP contribution >= 0.6 is 11.6 Å². The molecule has 1 atom stereocenters. The summed E-state index contributed by atoms with van der Waals surface area (Å²) in [6.07, 6.45) is 2.92. The van der Waals surface area contributed by atoms with Crippen LogP contribution in [0.4, 0.5) is 5.69 Å². The van der Waals surface area contributed by atoms with Crippen LogP contribution < -0.4 is 5.32 Å². The van der Waals surface area contributed by atoms with Crippen molar-refractivity contribution in [3.63, 3.8) is 0 Å². The highest BCUT2D eigenvalue weighted by atomic mass is 35.5. The Kier molecular flexibility index (Phi) is 3.96. The normalized spacial score (nSPS) is 20.5. The van der Waals surface area contributed by atoms with Crippen LogP contribution in [0.25, 0.3) is 0 Å². The number of carbonyl (C=O) groups is 1. The predicted octanol–water partition coefficient (Wildman–Crippen LogP) is 3.84. The summed E-state index contributed by atoms with van der Waals surface area (Å²) in [6, 6.07) is 8.04. The van der Waals surface area contributed by atoms with Gasteiger partial charge in [-0.25, -0.2) is 0 Å². The van der Waals surface area contributed by atoms with Gasteiger partial charge in [-0.3, -0.25) is 4.79 Å². The van der Waals surface area contributed by atoms with Gasteiger partial charge in [0.25, 0.3) is 0 Å². The molecule has 1 fully saturated rings. The van der Waals surface area contributed by atoms with E-state index in [1.54, 1.807) is 0 Å². The van der Waals surface area contributed by atoms with Crippen molar-refractivity contribution in [1.82, 2.24) is 0 Å². The average Bonchev–Trinajstić information content (AvgIpc) is 2.96. The molecule has 0 heterocycles. The van der Waals surface area contributed by atoms with Crippen molar-refractivity contribution in [2.24, 2.45) is 11.3 Å². The van der Waals surface area contributed by atoms with Gasteiger partial charge in [-0.05, 0) is 42.4 Å². The van der Waals surface area contributed by atoms with Gasteiger partial charge in [0.05, 0.1) is 0 Å². The third kappa shape index (κ3) is 3.26. The van der Waals surface area contributed by atoms with Gasteiger partial charge in [-0.1, -0.05) is 26.0 Å². The number of hydrogen-bond donors (Lipinski definition) is 1. The van der Waals surface area contributed by atoms with Gasteiger partial charge in [0.15, 0.2) is 0 Å². The van der Waals surface area contributed by atoms with Crippen LogP contribution in [0, 0.1) is 11.3 Å². The lowest BCUT2D eigenvalue weighted by Crippen LogP contribution is -2.16. The lowest BCUT2D eigenvalue weighted by Gasteiger charge is -2.08. The summed E-state index contributed by atoms with van der Waals surface area (Å²) in [5.74, 6) is 0.992. The molecule has 1 aliphatic rings. The van der Waals surface area contributed by atoms with Crippen molar-refractivity contribution in [3.8, 4) is 0 Å². The second-order valence-electron chi connectivity index (χ2n) is 5.73. The lowest BCUT2D eigenvalue weighted by molar-refractivity contribution is -0.117. The maximum Gasteiger partial charge on any atom is 0.228 e. The van der Waals surface area contributed by atoms with Crippen molar-refractivity contribution in [2.45, 2.75) is 33.1 Å². The largest absolute Gasteiger partial charge is 0.326 e. The molecule has 1 aromatic carbocycles. The fourth-order valence-corrected chi connectivity index (χ4v) is 2.35.